The second-order valence-electron chi connectivity index (χ2n) is 5.76. The first-order valence-electron chi connectivity index (χ1n) is 7.35. The van der Waals surface area contributed by atoms with E-state index in [9.17, 15) is 9.18 Å². The maximum atomic E-state index is 12.9. The first-order chi connectivity index (χ1) is 9.88. The Bertz CT molecular complexity index is 466. The second-order valence-corrected chi connectivity index (χ2v) is 6.78. The zero-order valence-corrected chi connectivity index (χ0v) is 13.8. The summed E-state index contributed by atoms with van der Waals surface area (Å²) in [6.45, 7) is 6.43. The Labute approximate surface area is 130 Å². The fourth-order valence-corrected chi connectivity index (χ4v) is 2.77. The molecular formula is C16H25FN2OS. The Morgan fingerprint density at radius 3 is 2.67 bits per heavy atom. The van der Waals surface area contributed by atoms with E-state index in [-0.39, 0.29) is 17.8 Å². The lowest BCUT2D eigenvalue weighted by Gasteiger charge is -2.14. The molecule has 1 amide bonds. The van der Waals surface area contributed by atoms with Crippen LogP contribution >= 0.6 is 11.8 Å². The Balaban J connectivity index is 2.30. The maximum Gasteiger partial charge on any atom is 0.230 e. The van der Waals surface area contributed by atoms with Crippen LogP contribution in [0.5, 0.6) is 0 Å². The van der Waals surface area contributed by atoms with Crippen LogP contribution in [-0.2, 0) is 4.79 Å². The molecule has 0 spiro atoms. The minimum absolute atomic E-state index is 0.0132. The summed E-state index contributed by atoms with van der Waals surface area (Å²) >= 11 is 1.33. The van der Waals surface area contributed by atoms with Crippen molar-refractivity contribution in [3.63, 3.8) is 0 Å². The molecule has 5 heteroatoms. The number of carbonyl (C=O) groups excluding carboxylic acids is 1. The number of amides is 1. The van der Waals surface area contributed by atoms with Gasteiger partial charge in [0.05, 0.1) is 5.75 Å². The summed E-state index contributed by atoms with van der Waals surface area (Å²) in [5.41, 5.74) is 6.08. The predicted molar refractivity (Wildman–Crippen MR) is 87.8 cm³/mol. The Kier molecular flexibility index (Phi) is 7.57. The van der Waals surface area contributed by atoms with Crippen molar-refractivity contribution < 1.29 is 9.18 Å². The molecule has 1 aromatic rings. The number of hydrogen-bond donors (Lipinski definition) is 2. The van der Waals surface area contributed by atoms with Gasteiger partial charge in [0, 0.05) is 16.6 Å². The minimum atomic E-state index is -0.361. The number of benzene rings is 1. The zero-order valence-electron chi connectivity index (χ0n) is 13.0. The van der Waals surface area contributed by atoms with E-state index in [4.69, 9.17) is 5.73 Å². The number of anilines is 1. The van der Waals surface area contributed by atoms with Gasteiger partial charge in [0.25, 0.3) is 0 Å². The summed E-state index contributed by atoms with van der Waals surface area (Å²) in [7, 11) is 0. The van der Waals surface area contributed by atoms with Crippen LogP contribution in [0.3, 0.4) is 0 Å². The Morgan fingerprint density at radius 2 is 2.05 bits per heavy atom. The molecule has 1 unspecified atom stereocenters. The maximum absolute atomic E-state index is 12.9. The van der Waals surface area contributed by atoms with Crippen LogP contribution in [0, 0.1) is 11.7 Å². The predicted octanol–water partition coefficient (Wildman–Crippen LogP) is 3.83. The average molecular weight is 312 g/mol. The number of rotatable bonds is 8. The molecular weight excluding hydrogens is 287 g/mol. The van der Waals surface area contributed by atoms with Crippen LogP contribution in [-0.4, -0.2) is 17.7 Å². The molecule has 1 aromatic carbocycles. The molecule has 0 bridgehead atoms. The molecule has 0 aliphatic heterocycles. The van der Waals surface area contributed by atoms with Crippen molar-refractivity contribution in [1.29, 1.82) is 0 Å². The fourth-order valence-electron chi connectivity index (χ4n) is 2.02. The first kappa shape index (κ1) is 17.8. The number of thioether (sulfide) groups is 1. The molecule has 1 atom stereocenters. The van der Waals surface area contributed by atoms with Crippen molar-refractivity contribution in [2.75, 3.05) is 11.5 Å². The van der Waals surface area contributed by atoms with E-state index in [1.807, 2.05) is 6.92 Å². The minimum Gasteiger partial charge on any atom is -0.398 e. The zero-order chi connectivity index (χ0) is 15.8. The highest BCUT2D eigenvalue weighted by molar-refractivity contribution is 8.00. The Hall–Kier alpha value is -1.23. The van der Waals surface area contributed by atoms with Crippen molar-refractivity contribution >= 4 is 23.4 Å². The fraction of sp³-hybridized carbons (Fsp3) is 0.562. The van der Waals surface area contributed by atoms with Gasteiger partial charge >= 0.3 is 0 Å². The van der Waals surface area contributed by atoms with Gasteiger partial charge in [0.1, 0.15) is 5.82 Å². The summed E-state index contributed by atoms with van der Waals surface area (Å²) in [4.78, 5) is 12.6. The summed E-state index contributed by atoms with van der Waals surface area (Å²) in [6.07, 6.45) is 3.30. The van der Waals surface area contributed by atoms with Gasteiger partial charge in [-0.3, -0.25) is 4.79 Å². The molecule has 0 aromatic heterocycles. The Morgan fingerprint density at radius 1 is 1.33 bits per heavy atom. The monoisotopic (exact) mass is 312 g/mol. The number of nitrogens with two attached hydrogens (primary N) is 1. The molecule has 118 valence electrons. The highest BCUT2D eigenvalue weighted by atomic mass is 32.2. The standard InChI is InChI=1S/C16H25FN2OS/c1-11(2)5-4-6-12(3)19-16(20)10-21-15-8-7-13(17)9-14(15)18/h7-9,11-12H,4-6,10,18H2,1-3H3,(H,19,20). The van der Waals surface area contributed by atoms with Crippen LogP contribution in [0.4, 0.5) is 10.1 Å². The molecule has 21 heavy (non-hydrogen) atoms. The van der Waals surface area contributed by atoms with Crippen LogP contribution < -0.4 is 11.1 Å². The van der Waals surface area contributed by atoms with Gasteiger partial charge in [-0.15, -0.1) is 11.8 Å². The van der Waals surface area contributed by atoms with Gasteiger partial charge < -0.3 is 11.1 Å². The summed E-state index contributed by atoms with van der Waals surface area (Å²) in [5.74, 6) is 0.621. The lowest BCUT2D eigenvalue weighted by atomic mass is 10.0. The third kappa shape index (κ3) is 7.37. The molecule has 3 nitrogen and oxygen atoms in total. The van der Waals surface area contributed by atoms with Gasteiger partial charge in [-0.25, -0.2) is 4.39 Å². The number of nitrogens with one attached hydrogen (secondary N) is 1. The lowest BCUT2D eigenvalue weighted by molar-refractivity contribution is -0.119. The van der Waals surface area contributed by atoms with Crippen molar-refractivity contribution in [3.05, 3.63) is 24.0 Å². The van der Waals surface area contributed by atoms with Gasteiger partial charge in [0.15, 0.2) is 0 Å². The van der Waals surface area contributed by atoms with Gasteiger partial charge in [-0.2, -0.15) is 0 Å². The number of hydrogen-bond acceptors (Lipinski definition) is 3. The quantitative estimate of drug-likeness (QED) is 0.566. The molecule has 0 aliphatic carbocycles. The molecule has 3 N–H and O–H groups in total. The highest BCUT2D eigenvalue weighted by Crippen LogP contribution is 2.25. The van der Waals surface area contributed by atoms with E-state index in [1.54, 1.807) is 6.07 Å². The van der Waals surface area contributed by atoms with E-state index in [0.29, 0.717) is 17.4 Å². The van der Waals surface area contributed by atoms with Crippen molar-refractivity contribution in [2.24, 2.45) is 5.92 Å². The average Bonchev–Trinajstić information content (AvgIpc) is 2.37. The third-order valence-electron chi connectivity index (χ3n) is 3.16. The van der Waals surface area contributed by atoms with Crippen molar-refractivity contribution in [3.8, 4) is 0 Å². The summed E-state index contributed by atoms with van der Waals surface area (Å²) in [6, 6.07) is 4.41. The normalized spacial score (nSPS) is 12.4. The number of nitrogen functional groups attached to an aromatic ring is 1. The van der Waals surface area contributed by atoms with E-state index < -0.39 is 0 Å². The van der Waals surface area contributed by atoms with E-state index in [1.165, 1.54) is 30.3 Å². The van der Waals surface area contributed by atoms with Crippen LogP contribution in [0.25, 0.3) is 0 Å². The van der Waals surface area contributed by atoms with E-state index in [0.717, 1.165) is 17.7 Å². The van der Waals surface area contributed by atoms with Crippen molar-refractivity contribution in [2.45, 2.75) is 51.0 Å². The van der Waals surface area contributed by atoms with Crippen LogP contribution in [0.15, 0.2) is 23.1 Å². The number of carbonyl (C=O) groups is 1. The highest BCUT2D eigenvalue weighted by Gasteiger charge is 2.09. The van der Waals surface area contributed by atoms with Gasteiger partial charge in [-0.05, 0) is 37.5 Å². The van der Waals surface area contributed by atoms with Crippen molar-refractivity contribution in [1.82, 2.24) is 5.32 Å². The topological polar surface area (TPSA) is 55.1 Å². The lowest BCUT2D eigenvalue weighted by Crippen LogP contribution is -2.33. The molecule has 0 fully saturated rings. The van der Waals surface area contributed by atoms with Crippen LogP contribution in [0.2, 0.25) is 0 Å². The third-order valence-corrected chi connectivity index (χ3v) is 4.25. The summed E-state index contributed by atoms with van der Waals surface area (Å²) < 4.78 is 12.9. The van der Waals surface area contributed by atoms with E-state index in [2.05, 4.69) is 19.2 Å². The molecule has 0 radical (unpaired) electrons. The van der Waals surface area contributed by atoms with Gasteiger partial charge in [-0.1, -0.05) is 26.7 Å². The largest absolute Gasteiger partial charge is 0.398 e. The molecule has 0 heterocycles. The summed E-state index contributed by atoms with van der Waals surface area (Å²) in [5, 5.41) is 2.98. The van der Waals surface area contributed by atoms with Crippen LogP contribution in [0.1, 0.15) is 40.0 Å². The smallest absolute Gasteiger partial charge is 0.230 e. The van der Waals surface area contributed by atoms with Gasteiger partial charge in [0.2, 0.25) is 5.91 Å². The molecule has 1 rings (SSSR count). The molecule has 0 aliphatic rings. The molecule has 0 saturated heterocycles. The van der Waals surface area contributed by atoms with E-state index >= 15 is 0 Å². The first-order valence-corrected chi connectivity index (χ1v) is 8.34. The molecule has 0 saturated carbocycles. The number of halogens is 1. The second kappa shape index (κ2) is 8.93. The SMILES string of the molecule is CC(C)CCCC(C)NC(=O)CSc1ccc(F)cc1N.